The first kappa shape index (κ1) is 21.3. The van der Waals surface area contributed by atoms with Crippen LogP contribution in [0.1, 0.15) is 16.1 Å². The second-order valence-electron chi connectivity index (χ2n) is 6.16. The van der Waals surface area contributed by atoms with Gasteiger partial charge in [0.1, 0.15) is 5.69 Å². The molecule has 0 aliphatic carbocycles. The van der Waals surface area contributed by atoms with E-state index in [0.29, 0.717) is 21.3 Å². The molecule has 3 rings (SSSR count). The van der Waals surface area contributed by atoms with Gasteiger partial charge in [0, 0.05) is 24.8 Å². The highest BCUT2D eigenvalue weighted by Crippen LogP contribution is 2.29. The minimum atomic E-state index is -3.76. The molecule has 2 aromatic carbocycles. The number of benzene rings is 2. The van der Waals surface area contributed by atoms with E-state index in [0.717, 1.165) is 0 Å². The third-order valence-electron chi connectivity index (χ3n) is 4.15. The smallest absolute Gasteiger partial charge is 0.274 e. The number of halogens is 2. The van der Waals surface area contributed by atoms with Gasteiger partial charge >= 0.3 is 0 Å². The first-order chi connectivity index (χ1) is 13.8. The molecule has 0 aliphatic heterocycles. The van der Waals surface area contributed by atoms with Crippen LogP contribution in [0.4, 0.5) is 5.69 Å². The van der Waals surface area contributed by atoms with Crippen molar-refractivity contribution in [1.82, 2.24) is 9.29 Å². The number of hydrogen-bond donors (Lipinski definition) is 1. The summed E-state index contributed by atoms with van der Waals surface area (Å²) in [4.78, 5) is 16.6. The van der Waals surface area contributed by atoms with Crippen LogP contribution in [-0.4, -0.2) is 30.7 Å². The van der Waals surface area contributed by atoms with E-state index in [4.69, 9.17) is 23.2 Å². The summed E-state index contributed by atoms with van der Waals surface area (Å²) in [5.74, 6) is -0.442. The minimum Gasteiger partial charge on any atom is -0.319 e. The fourth-order valence-electron chi connectivity index (χ4n) is 2.63. The predicted molar refractivity (Wildman–Crippen MR) is 114 cm³/mol. The summed E-state index contributed by atoms with van der Waals surface area (Å²) in [7, 11) is -2.30. The van der Waals surface area contributed by atoms with E-state index < -0.39 is 15.9 Å². The molecule has 0 fully saturated rings. The summed E-state index contributed by atoms with van der Waals surface area (Å²) in [5, 5.41) is 3.47. The zero-order valence-electron chi connectivity index (χ0n) is 15.3. The van der Waals surface area contributed by atoms with Crippen LogP contribution in [0.15, 0.2) is 71.8 Å². The van der Waals surface area contributed by atoms with Gasteiger partial charge in [0.2, 0.25) is 10.0 Å². The Morgan fingerprint density at radius 3 is 2.41 bits per heavy atom. The van der Waals surface area contributed by atoms with Gasteiger partial charge in [-0.1, -0.05) is 41.4 Å². The van der Waals surface area contributed by atoms with Gasteiger partial charge in [0.25, 0.3) is 5.91 Å². The van der Waals surface area contributed by atoms with Crippen molar-refractivity contribution in [3.8, 4) is 0 Å². The zero-order chi connectivity index (χ0) is 21.0. The Morgan fingerprint density at radius 1 is 1.03 bits per heavy atom. The number of para-hydroxylation sites is 1. The lowest BCUT2D eigenvalue weighted by atomic mass is 10.1. The third kappa shape index (κ3) is 4.94. The van der Waals surface area contributed by atoms with Crippen molar-refractivity contribution in [3.05, 3.63) is 88.2 Å². The van der Waals surface area contributed by atoms with E-state index in [-0.39, 0.29) is 17.1 Å². The molecule has 150 valence electrons. The number of carbonyl (C=O) groups excluding carboxylic acids is 1. The summed E-state index contributed by atoms with van der Waals surface area (Å²) in [5.41, 5.74) is 1.10. The SMILES string of the molecule is CN(Cc1cccc(Cl)c1NC(=O)c1ccccn1)S(=O)(=O)c1ccc(Cl)cc1. The van der Waals surface area contributed by atoms with Gasteiger partial charge in [0.05, 0.1) is 15.6 Å². The monoisotopic (exact) mass is 449 g/mol. The zero-order valence-corrected chi connectivity index (χ0v) is 17.7. The Morgan fingerprint density at radius 2 is 1.76 bits per heavy atom. The lowest BCUT2D eigenvalue weighted by Crippen LogP contribution is -2.27. The number of hydrogen-bond acceptors (Lipinski definition) is 4. The van der Waals surface area contributed by atoms with E-state index in [1.807, 2.05) is 0 Å². The molecular formula is C20H17Cl2N3O3S. The highest BCUT2D eigenvalue weighted by Gasteiger charge is 2.23. The van der Waals surface area contributed by atoms with E-state index >= 15 is 0 Å². The average molecular weight is 450 g/mol. The number of nitrogens with zero attached hydrogens (tertiary/aromatic N) is 2. The van der Waals surface area contributed by atoms with Gasteiger partial charge in [-0.2, -0.15) is 4.31 Å². The molecule has 1 N–H and O–H groups in total. The molecule has 0 saturated carbocycles. The molecule has 0 bridgehead atoms. The predicted octanol–water partition coefficient (Wildman–Crippen LogP) is 4.46. The second kappa shape index (κ2) is 8.92. The first-order valence-corrected chi connectivity index (χ1v) is 10.7. The maximum Gasteiger partial charge on any atom is 0.274 e. The van der Waals surface area contributed by atoms with E-state index in [2.05, 4.69) is 10.3 Å². The highest BCUT2D eigenvalue weighted by molar-refractivity contribution is 7.89. The van der Waals surface area contributed by atoms with Crippen molar-refractivity contribution >= 4 is 44.8 Å². The molecule has 9 heteroatoms. The van der Waals surface area contributed by atoms with Crippen LogP contribution in [0.25, 0.3) is 0 Å². The molecule has 6 nitrogen and oxygen atoms in total. The summed E-state index contributed by atoms with van der Waals surface area (Å²) in [6, 6.07) is 15.9. The molecule has 1 amide bonds. The van der Waals surface area contributed by atoms with Crippen molar-refractivity contribution in [3.63, 3.8) is 0 Å². The molecule has 0 unspecified atom stereocenters. The van der Waals surface area contributed by atoms with Crippen molar-refractivity contribution < 1.29 is 13.2 Å². The largest absolute Gasteiger partial charge is 0.319 e. The maximum absolute atomic E-state index is 12.8. The lowest BCUT2D eigenvalue weighted by Gasteiger charge is -2.20. The molecule has 3 aromatic rings. The van der Waals surface area contributed by atoms with E-state index in [1.54, 1.807) is 36.4 Å². The fraction of sp³-hybridized carbons (Fsp3) is 0.100. The number of rotatable bonds is 6. The van der Waals surface area contributed by atoms with Crippen molar-refractivity contribution in [1.29, 1.82) is 0 Å². The summed E-state index contributed by atoms with van der Waals surface area (Å²) in [6.07, 6.45) is 1.51. The molecule has 1 heterocycles. The van der Waals surface area contributed by atoms with Crippen LogP contribution >= 0.6 is 23.2 Å². The Balaban J connectivity index is 1.87. The second-order valence-corrected chi connectivity index (χ2v) is 9.05. The summed E-state index contributed by atoms with van der Waals surface area (Å²) in [6.45, 7) is 0.00332. The van der Waals surface area contributed by atoms with Gasteiger partial charge in [0.15, 0.2) is 0 Å². The molecule has 0 atom stereocenters. The van der Waals surface area contributed by atoms with Gasteiger partial charge < -0.3 is 5.32 Å². The van der Waals surface area contributed by atoms with Gasteiger partial charge in [-0.3, -0.25) is 9.78 Å². The van der Waals surface area contributed by atoms with E-state index in [9.17, 15) is 13.2 Å². The van der Waals surface area contributed by atoms with Gasteiger partial charge in [-0.05, 0) is 48.0 Å². The normalized spacial score (nSPS) is 11.4. The molecule has 0 spiro atoms. The van der Waals surface area contributed by atoms with Crippen LogP contribution in [0, 0.1) is 0 Å². The number of carbonyl (C=O) groups is 1. The molecular weight excluding hydrogens is 433 g/mol. The third-order valence-corrected chi connectivity index (χ3v) is 6.54. The van der Waals surface area contributed by atoms with Crippen LogP contribution in [-0.2, 0) is 16.6 Å². The topological polar surface area (TPSA) is 79.4 Å². The van der Waals surface area contributed by atoms with Gasteiger partial charge in [-0.15, -0.1) is 0 Å². The Labute approximate surface area is 179 Å². The van der Waals surface area contributed by atoms with Crippen molar-refractivity contribution in [2.45, 2.75) is 11.4 Å². The molecule has 29 heavy (non-hydrogen) atoms. The van der Waals surface area contributed by atoms with Crippen LogP contribution in [0.5, 0.6) is 0 Å². The number of nitrogens with one attached hydrogen (secondary N) is 1. The molecule has 1 aromatic heterocycles. The van der Waals surface area contributed by atoms with Gasteiger partial charge in [-0.25, -0.2) is 8.42 Å². The molecule has 0 saturated heterocycles. The Kier molecular flexibility index (Phi) is 6.54. The average Bonchev–Trinajstić information content (AvgIpc) is 2.71. The number of anilines is 1. The quantitative estimate of drug-likeness (QED) is 0.602. The minimum absolute atomic E-state index is 0.00332. The van der Waals surface area contributed by atoms with Crippen LogP contribution < -0.4 is 5.32 Å². The van der Waals surface area contributed by atoms with Crippen LogP contribution in [0.2, 0.25) is 10.0 Å². The summed E-state index contributed by atoms with van der Waals surface area (Å²) < 4.78 is 26.9. The maximum atomic E-state index is 12.8. The lowest BCUT2D eigenvalue weighted by molar-refractivity contribution is 0.102. The number of sulfonamides is 1. The Bertz CT molecular complexity index is 1120. The Hall–Kier alpha value is -2.45. The summed E-state index contributed by atoms with van der Waals surface area (Å²) >= 11 is 12.1. The first-order valence-electron chi connectivity index (χ1n) is 8.50. The van der Waals surface area contributed by atoms with Crippen molar-refractivity contribution in [2.24, 2.45) is 0 Å². The standard InChI is InChI=1S/C20H17Cl2N3O3S/c1-25(29(27,28)16-10-8-15(21)9-11-16)13-14-5-4-6-17(22)19(14)24-20(26)18-7-2-3-12-23-18/h2-12H,13H2,1H3,(H,24,26). The highest BCUT2D eigenvalue weighted by atomic mass is 35.5. The van der Waals surface area contributed by atoms with Crippen LogP contribution in [0.3, 0.4) is 0 Å². The molecule has 0 radical (unpaired) electrons. The van der Waals surface area contributed by atoms with Crippen molar-refractivity contribution in [2.75, 3.05) is 12.4 Å². The fourth-order valence-corrected chi connectivity index (χ4v) is 4.14. The van der Waals surface area contributed by atoms with E-state index in [1.165, 1.54) is 41.8 Å². The number of pyridine rings is 1. The number of amides is 1. The number of aromatic nitrogens is 1. The molecule has 0 aliphatic rings.